The lowest BCUT2D eigenvalue weighted by molar-refractivity contribution is -0.119. The van der Waals surface area contributed by atoms with Gasteiger partial charge in [-0.25, -0.2) is 0 Å². The van der Waals surface area contributed by atoms with Crippen molar-refractivity contribution in [3.63, 3.8) is 0 Å². The Bertz CT molecular complexity index is 777. The molecule has 0 aliphatic carbocycles. The van der Waals surface area contributed by atoms with E-state index in [2.05, 4.69) is 10.6 Å². The van der Waals surface area contributed by atoms with Gasteiger partial charge in [0.15, 0.2) is 0 Å². The highest BCUT2D eigenvalue weighted by Gasteiger charge is 2.22. The van der Waals surface area contributed by atoms with E-state index in [4.69, 9.17) is 0 Å². The molecule has 1 aromatic heterocycles. The standard InChI is InChI=1S/C20H24N2O2S/c1-5-20(3,4)22-19(24)17(13-16-10-7-11-25-16)21-18(23)15-9-6-8-14(2)12-15/h6-13H,5H2,1-4H3,(H,21,23)(H,22,24)/b17-13-. The van der Waals surface area contributed by atoms with Crippen molar-refractivity contribution in [2.24, 2.45) is 0 Å². The SMILES string of the molecule is CCC(C)(C)NC(=O)/C(=C/c1cccs1)NC(=O)c1cccc(C)c1. The molecule has 132 valence electrons. The molecule has 0 bridgehead atoms. The first kappa shape index (κ1) is 18.9. The van der Waals surface area contributed by atoms with Gasteiger partial charge in [0.05, 0.1) is 0 Å². The molecule has 0 saturated heterocycles. The molecular weight excluding hydrogens is 332 g/mol. The second-order valence-corrected chi connectivity index (χ2v) is 7.57. The summed E-state index contributed by atoms with van der Waals surface area (Å²) in [5.41, 5.74) is 1.42. The summed E-state index contributed by atoms with van der Waals surface area (Å²) < 4.78 is 0. The van der Waals surface area contributed by atoms with Crippen LogP contribution in [0.15, 0.2) is 47.5 Å². The molecule has 25 heavy (non-hydrogen) atoms. The van der Waals surface area contributed by atoms with Crippen molar-refractivity contribution in [3.05, 3.63) is 63.5 Å². The monoisotopic (exact) mass is 356 g/mol. The maximum atomic E-state index is 12.7. The second kappa shape index (κ2) is 8.12. The Balaban J connectivity index is 2.26. The number of rotatable bonds is 6. The van der Waals surface area contributed by atoms with Gasteiger partial charge in [0.2, 0.25) is 0 Å². The maximum Gasteiger partial charge on any atom is 0.268 e. The predicted octanol–water partition coefficient (Wildman–Crippen LogP) is 4.13. The third kappa shape index (κ3) is 5.57. The van der Waals surface area contributed by atoms with E-state index in [0.29, 0.717) is 5.56 Å². The van der Waals surface area contributed by atoms with E-state index in [1.54, 1.807) is 18.2 Å². The van der Waals surface area contributed by atoms with Crippen molar-refractivity contribution in [2.75, 3.05) is 0 Å². The summed E-state index contributed by atoms with van der Waals surface area (Å²) in [5.74, 6) is -0.586. The zero-order chi connectivity index (χ0) is 18.4. The third-order valence-electron chi connectivity index (χ3n) is 3.94. The van der Waals surface area contributed by atoms with Crippen LogP contribution >= 0.6 is 11.3 Å². The van der Waals surface area contributed by atoms with Crippen LogP contribution in [0, 0.1) is 6.92 Å². The Kier molecular flexibility index (Phi) is 6.15. The smallest absolute Gasteiger partial charge is 0.268 e. The van der Waals surface area contributed by atoms with Gasteiger partial charge in [-0.3, -0.25) is 9.59 Å². The molecule has 2 N–H and O–H groups in total. The molecule has 5 heteroatoms. The van der Waals surface area contributed by atoms with Gasteiger partial charge in [0.25, 0.3) is 11.8 Å². The van der Waals surface area contributed by atoms with Gasteiger partial charge in [-0.05, 0) is 56.8 Å². The van der Waals surface area contributed by atoms with E-state index in [1.165, 1.54) is 11.3 Å². The zero-order valence-electron chi connectivity index (χ0n) is 15.1. The summed E-state index contributed by atoms with van der Waals surface area (Å²) in [6, 6.07) is 11.1. The van der Waals surface area contributed by atoms with Crippen LogP contribution in [-0.4, -0.2) is 17.4 Å². The molecule has 0 saturated carbocycles. The fraction of sp³-hybridized carbons (Fsp3) is 0.300. The van der Waals surface area contributed by atoms with E-state index in [9.17, 15) is 9.59 Å². The van der Waals surface area contributed by atoms with Crippen molar-refractivity contribution in [2.45, 2.75) is 39.7 Å². The minimum absolute atomic E-state index is 0.246. The largest absolute Gasteiger partial charge is 0.346 e. The number of aryl methyl sites for hydroxylation is 1. The van der Waals surface area contributed by atoms with Crippen LogP contribution in [0.25, 0.3) is 6.08 Å². The molecule has 0 atom stereocenters. The first-order valence-electron chi connectivity index (χ1n) is 8.26. The number of hydrogen-bond acceptors (Lipinski definition) is 3. The average molecular weight is 356 g/mol. The van der Waals surface area contributed by atoms with Crippen molar-refractivity contribution < 1.29 is 9.59 Å². The van der Waals surface area contributed by atoms with Crippen LogP contribution in [0.5, 0.6) is 0 Å². The first-order chi connectivity index (χ1) is 11.8. The average Bonchev–Trinajstić information content (AvgIpc) is 3.07. The van der Waals surface area contributed by atoms with E-state index in [0.717, 1.165) is 16.9 Å². The minimum Gasteiger partial charge on any atom is -0.346 e. The molecule has 0 fully saturated rings. The van der Waals surface area contributed by atoms with Crippen LogP contribution in [-0.2, 0) is 4.79 Å². The van der Waals surface area contributed by atoms with Gasteiger partial charge < -0.3 is 10.6 Å². The van der Waals surface area contributed by atoms with Crippen LogP contribution in [0.3, 0.4) is 0 Å². The molecule has 0 aliphatic rings. The normalized spacial score (nSPS) is 11.9. The molecule has 0 aliphatic heterocycles. The van der Waals surface area contributed by atoms with Gasteiger partial charge in [0, 0.05) is 16.0 Å². The van der Waals surface area contributed by atoms with Crippen molar-refractivity contribution in [1.29, 1.82) is 0 Å². The number of nitrogens with one attached hydrogen (secondary N) is 2. The van der Waals surface area contributed by atoms with Gasteiger partial charge in [-0.2, -0.15) is 0 Å². The van der Waals surface area contributed by atoms with E-state index in [-0.39, 0.29) is 23.1 Å². The molecule has 1 heterocycles. The molecule has 2 aromatic rings. The number of carbonyl (C=O) groups excluding carboxylic acids is 2. The first-order valence-corrected chi connectivity index (χ1v) is 9.14. The number of benzene rings is 1. The molecule has 2 amide bonds. The number of carbonyl (C=O) groups is 2. The maximum absolute atomic E-state index is 12.7. The van der Waals surface area contributed by atoms with Crippen LogP contribution < -0.4 is 10.6 Å². The summed E-state index contributed by atoms with van der Waals surface area (Å²) in [6.45, 7) is 7.84. The molecule has 0 unspecified atom stereocenters. The van der Waals surface area contributed by atoms with Gasteiger partial charge >= 0.3 is 0 Å². The van der Waals surface area contributed by atoms with Crippen molar-refractivity contribution in [1.82, 2.24) is 10.6 Å². The highest BCUT2D eigenvalue weighted by atomic mass is 32.1. The Morgan fingerprint density at radius 1 is 1.20 bits per heavy atom. The third-order valence-corrected chi connectivity index (χ3v) is 4.76. The highest BCUT2D eigenvalue weighted by Crippen LogP contribution is 2.15. The number of thiophene rings is 1. The summed E-state index contributed by atoms with van der Waals surface area (Å²) in [6.07, 6.45) is 2.50. The second-order valence-electron chi connectivity index (χ2n) is 6.59. The Hall–Kier alpha value is -2.40. The van der Waals surface area contributed by atoms with Crippen molar-refractivity contribution >= 4 is 29.2 Å². The fourth-order valence-corrected chi connectivity index (χ4v) is 2.78. The van der Waals surface area contributed by atoms with E-state index in [1.807, 2.05) is 57.3 Å². The lowest BCUT2D eigenvalue weighted by Gasteiger charge is -2.25. The lowest BCUT2D eigenvalue weighted by Crippen LogP contribution is -2.46. The number of hydrogen-bond donors (Lipinski definition) is 2. The molecular formula is C20H24N2O2S. The molecule has 2 rings (SSSR count). The molecule has 0 radical (unpaired) electrons. The Labute approximate surface area is 153 Å². The minimum atomic E-state index is -0.348. The summed E-state index contributed by atoms with van der Waals surface area (Å²) >= 11 is 1.51. The molecule has 4 nitrogen and oxygen atoms in total. The molecule has 0 spiro atoms. The highest BCUT2D eigenvalue weighted by molar-refractivity contribution is 7.10. The van der Waals surface area contributed by atoms with Crippen LogP contribution in [0.2, 0.25) is 0 Å². The van der Waals surface area contributed by atoms with E-state index >= 15 is 0 Å². The molecule has 1 aromatic carbocycles. The predicted molar refractivity (Wildman–Crippen MR) is 103 cm³/mol. The van der Waals surface area contributed by atoms with Gasteiger partial charge in [-0.15, -0.1) is 11.3 Å². The van der Waals surface area contributed by atoms with Crippen molar-refractivity contribution in [3.8, 4) is 0 Å². The summed E-state index contributed by atoms with van der Waals surface area (Å²) in [7, 11) is 0. The summed E-state index contributed by atoms with van der Waals surface area (Å²) in [5, 5.41) is 7.66. The summed E-state index contributed by atoms with van der Waals surface area (Å²) in [4.78, 5) is 26.1. The van der Waals surface area contributed by atoms with E-state index < -0.39 is 0 Å². The quantitative estimate of drug-likeness (QED) is 0.765. The fourth-order valence-electron chi connectivity index (χ4n) is 2.12. The van der Waals surface area contributed by atoms with Crippen LogP contribution in [0.1, 0.15) is 48.0 Å². The van der Waals surface area contributed by atoms with Gasteiger partial charge in [-0.1, -0.05) is 30.7 Å². The lowest BCUT2D eigenvalue weighted by atomic mass is 10.0. The number of amides is 2. The topological polar surface area (TPSA) is 58.2 Å². The Morgan fingerprint density at radius 2 is 1.96 bits per heavy atom. The van der Waals surface area contributed by atoms with Crippen LogP contribution in [0.4, 0.5) is 0 Å². The Morgan fingerprint density at radius 3 is 2.56 bits per heavy atom. The zero-order valence-corrected chi connectivity index (χ0v) is 15.9. The van der Waals surface area contributed by atoms with Gasteiger partial charge in [0.1, 0.15) is 5.70 Å².